The van der Waals surface area contributed by atoms with Crippen LogP contribution in [0.1, 0.15) is 26.2 Å². The maximum absolute atomic E-state index is 11.3. The Labute approximate surface area is 143 Å². The molecule has 0 saturated heterocycles. The second-order valence-corrected chi connectivity index (χ2v) is 5.59. The van der Waals surface area contributed by atoms with Crippen LogP contribution in [0.4, 0.5) is 0 Å². The number of carboxylic acids is 4. The molecule has 0 aromatic carbocycles. The third kappa shape index (κ3) is 10.3. The number of aliphatic hydroxyl groups excluding tert-OH is 1. The van der Waals surface area contributed by atoms with E-state index in [9.17, 15) is 29.4 Å². The van der Waals surface area contributed by atoms with Gasteiger partial charge in [0.2, 0.25) is 0 Å². The lowest BCUT2D eigenvalue weighted by atomic mass is 10.1. The Kier molecular flexibility index (Phi) is 10.3. The van der Waals surface area contributed by atoms with Gasteiger partial charge in [0.15, 0.2) is 0 Å². The average molecular weight is 364 g/mol. The van der Waals surface area contributed by atoms with E-state index in [2.05, 4.69) is 5.32 Å². The van der Waals surface area contributed by atoms with Crippen LogP contribution in [-0.2, 0) is 19.2 Å². The molecular formula is C14H24N2O9. The molecule has 0 heterocycles. The highest BCUT2D eigenvalue weighted by atomic mass is 16.4. The molecule has 0 aromatic rings. The summed E-state index contributed by atoms with van der Waals surface area (Å²) in [6, 6.07) is -2.61. The van der Waals surface area contributed by atoms with Crippen LogP contribution in [0.15, 0.2) is 0 Å². The van der Waals surface area contributed by atoms with E-state index < -0.39 is 54.9 Å². The molecule has 3 atom stereocenters. The molecule has 1 unspecified atom stereocenters. The van der Waals surface area contributed by atoms with E-state index in [1.807, 2.05) is 0 Å². The number of hydrogen-bond acceptors (Lipinski definition) is 7. The lowest BCUT2D eigenvalue weighted by Crippen LogP contribution is -2.47. The summed E-state index contributed by atoms with van der Waals surface area (Å²) in [5.74, 6) is -5.24. The van der Waals surface area contributed by atoms with Gasteiger partial charge in [0, 0.05) is 13.1 Å². The van der Waals surface area contributed by atoms with E-state index in [0.717, 1.165) is 0 Å². The predicted molar refractivity (Wildman–Crippen MR) is 83.2 cm³/mol. The van der Waals surface area contributed by atoms with Gasteiger partial charge in [-0.3, -0.25) is 24.1 Å². The standard InChI is InChI=1S/C14H24N2O9/c1-8(17)7-16(10(14(24)25)6-12(20)21)4-2-3-15-9(13(22)23)5-11(18)19/h8-10,15,17H,2-7H2,1H3,(H,18,19)(H,20,21)(H,22,23)(H,24,25)/t8-,9?,10-/m0/s1. The average Bonchev–Trinajstić information content (AvgIpc) is 2.45. The molecule has 0 amide bonds. The highest BCUT2D eigenvalue weighted by Gasteiger charge is 2.28. The van der Waals surface area contributed by atoms with Crippen LogP contribution in [0.3, 0.4) is 0 Å². The molecule has 0 bridgehead atoms. The molecule has 0 radical (unpaired) electrons. The normalized spacial score (nSPS) is 14.7. The minimum Gasteiger partial charge on any atom is -0.481 e. The van der Waals surface area contributed by atoms with Crippen molar-refractivity contribution in [2.24, 2.45) is 0 Å². The molecule has 0 aromatic heterocycles. The number of carboxylic acid groups (broad SMARTS) is 4. The molecule has 0 spiro atoms. The van der Waals surface area contributed by atoms with E-state index >= 15 is 0 Å². The molecule has 6 N–H and O–H groups in total. The van der Waals surface area contributed by atoms with Gasteiger partial charge in [-0.2, -0.15) is 0 Å². The molecule has 0 fully saturated rings. The first-order chi connectivity index (χ1) is 11.5. The predicted octanol–water partition coefficient (Wildman–Crippen LogP) is -1.50. The summed E-state index contributed by atoms with van der Waals surface area (Å²) in [6.07, 6.45) is -1.91. The number of carbonyl (C=O) groups is 4. The minimum atomic E-state index is -1.34. The van der Waals surface area contributed by atoms with Crippen molar-refractivity contribution < 1.29 is 44.7 Å². The third-order valence-corrected chi connectivity index (χ3v) is 3.28. The molecule has 0 saturated carbocycles. The summed E-state index contributed by atoms with van der Waals surface area (Å²) < 4.78 is 0. The Bertz CT molecular complexity index is 481. The zero-order valence-corrected chi connectivity index (χ0v) is 13.8. The number of rotatable bonds is 14. The Morgan fingerprint density at radius 3 is 1.92 bits per heavy atom. The fourth-order valence-corrected chi connectivity index (χ4v) is 2.23. The maximum atomic E-state index is 11.3. The lowest BCUT2D eigenvalue weighted by molar-refractivity contribution is -0.150. The summed E-state index contributed by atoms with van der Waals surface area (Å²) in [5, 5.41) is 47.5. The number of nitrogens with one attached hydrogen (secondary N) is 1. The van der Waals surface area contributed by atoms with Crippen molar-refractivity contribution in [3.8, 4) is 0 Å². The summed E-state index contributed by atoms with van der Waals surface area (Å²) in [6.45, 7) is 1.53. The summed E-state index contributed by atoms with van der Waals surface area (Å²) >= 11 is 0. The fourth-order valence-electron chi connectivity index (χ4n) is 2.23. The summed E-state index contributed by atoms with van der Waals surface area (Å²) in [7, 11) is 0. The van der Waals surface area contributed by atoms with Crippen molar-refractivity contribution in [3.63, 3.8) is 0 Å². The van der Waals surface area contributed by atoms with Gasteiger partial charge < -0.3 is 30.8 Å². The Morgan fingerprint density at radius 2 is 1.52 bits per heavy atom. The lowest BCUT2D eigenvalue weighted by Gasteiger charge is -2.29. The van der Waals surface area contributed by atoms with Crippen molar-refractivity contribution in [2.45, 2.75) is 44.4 Å². The largest absolute Gasteiger partial charge is 0.481 e. The second-order valence-electron chi connectivity index (χ2n) is 5.59. The van der Waals surface area contributed by atoms with Crippen LogP contribution in [0, 0.1) is 0 Å². The van der Waals surface area contributed by atoms with Crippen LogP contribution in [-0.4, -0.2) is 92.1 Å². The Morgan fingerprint density at radius 1 is 0.960 bits per heavy atom. The quantitative estimate of drug-likeness (QED) is 0.197. The van der Waals surface area contributed by atoms with Crippen molar-refractivity contribution in [1.82, 2.24) is 10.2 Å². The van der Waals surface area contributed by atoms with Crippen molar-refractivity contribution in [3.05, 3.63) is 0 Å². The van der Waals surface area contributed by atoms with Gasteiger partial charge in [0.1, 0.15) is 12.1 Å². The fraction of sp³-hybridized carbons (Fsp3) is 0.714. The minimum absolute atomic E-state index is 0.0677. The highest BCUT2D eigenvalue weighted by molar-refractivity contribution is 5.81. The zero-order chi connectivity index (χ0) is 19.6. The van der Waals surface area contributed by atoms with Gasteiger partial charge in [0.25, 0.3) is 0 Å². The number of aliphatic hydroxyl groups is 1. The second kappa shape index (κ2) is 11.3. The van der Waals surface area contributed by atoms with Crippen molar-refractivity contribution >= 4 is 23.9 Å². The van der Waals surface area contributed by atoms with Crippen molar-refractivity contribution in [1.29, 1.82) is 0 Å². The van der Waals surface area contributed by atoms with E-state index in [-0.39, 0.29) is 26.1 Å². The van der Waals surface area contributed by atoms with E-state index in [0.29, 0.717) is 0 Å². The summed E-state index contributed by atoms with van der Waals surface area (Å²) in [5.41, 5.74) is 0. The van der Waals surface area contributed by atoms with Crippen LogP contribution >= 0.6 is 0 Å². The highest BCUT2D eigenvalue weighted by Crippen LogP contribution is 2.08. The van der Waals surface area contributed by atoms with Gasteiger partial charge in [-0.05, 0) is 19.9 Å². The maximum Gasteiger partial charge on any atom is 0.321 e. The van der Waals surface area contributed by atoms with Crippen LogP contribution in [0.25, 0.3) is 0 Å². The Balaban J connectivity index is 4.71. The monoisotopic (exact) mass is 364 g/mol. The summed E-state index contributed by atoms with van der Waals surface area (Å²) in [4.78, 5) is 44.9. The van der Waals surface area contributed by atoms with Gasteiger partial charge in [-0.15, -0.1) is 0 Å². The van der Waals surface area contributed by atoms with Crippen LogP contribution in [0.2, 0.25) is 0 Å². The first kappa shape index (κ1) is 22.8. The van der Waals surface area contributed by atoms with E-state index in [1.165, 1.54) is 11.8 Å². The zero-order valence-electron chi connectivity index (χ0n) is 13.8. The molecule has 11 heteroatoms. The van der Waals surface area contributed by atoms with Crippen LogP contribution < -0.4 is 5.32 Å². The third-order valence-electron chi connectivity index (χ3n) is 3.28. The Hall–Kier alpha value is -2.24. The van der Waals surface area contributed by atoms with Gasteiger partial charge in [-0.25, -0.2) is 0 Å². The van der Waals surface area contributed by atoms with Crippen molar-refractivity contribution in [2.75, 3.05) is 19.6 Å². The van der Waals surface area contributed by atoms with E-state index in [1.54, 1.807) is 0 Å². The molecule has 144 valence electrons. The molecule has 0 aliphatic heterocycles. The molecule has 0 rings (SSSR count). The first-order valence-corrected chi connectivity index (χ1v) is 7.59. The molecule has 0 aliphatic rings. The number of hydrogen-bond donors (Lipinski definition) is 6. The van der Waals surface area contributed by atoms with Gasteiger partial charge in [-0.1, -0.05) is 0 Å². The first-order valence-electron chi connectivity index (χ1n) is 7.59. The molecule has 11 nitrogen and oxygen atoms in total. The van der Waals surface area contributed by atoms with E-state index in [4.69, 9.17) is 15.3 Å². The van der Waals surface area contributed by atoms with Crippen LogP contribution in [0.5, 0.6) is 0 Å². The molecule has 25 heavy (non-hydrogen) atoms. The van der Waals surface area contributed by atoms with Gasteiger partial charge >= 0.3 is 23.9 Å². The smallest absolute Gasteiger partial charge is 0.321 e. The van der Waals surface area contributed by atoms with Gasteiger partial charge in [0.05, 0.1) is 18.9 Å². The molecule has 0 aliphatic carbocycles. The number of aliphatic carboxylic acids is 4. The number of nitrogens with zero attached hydrogens (tertiary/aromatic N) is 1. The SMILES string of the molecule is C[C@H](O)CN(CCCNC(CC(=O)O)C(=O)O)[C@@H](CC(=O)O)C(=O)O. The topological polar surface area (TPSA) is 185 Å². The molecular weight excluding hydrogens is 340 g/mol.